The minimum absolute atomic E-state index is 0.00125. The Labute approximate surface area is 160 Å². The second-order valence-corrected chi connectivity index (χ2v) is 8.93. The van der Waals surface area contributed by atoms with Gasteiger partial charge in [0.1, 0.15) is 0 Å². The van der Waals surface area contributed by atoms with Crippen LogP contribution in [0.3, 0.4) is 0 Å². The van der Waals surface area contributed by atoms with Gasteiger partial charge in [-0.05, 0) is 31.9 Å². The summed E-state index contributed by atoms with van der Waals surface area (Å²) in [4.78, 5) is 24.0. The van der Waals surface area contributed by atoms with Crippen LogP contribution in [0.2, 0.25) is 0 Å². The second kappa shape index (κ2) is 9.94. The molecule has 0 aliphatic carbocycles. The molecule has 0 aliphatic heterocycles. The third-order valence-electron chi connectivity index (χ3n) is 3.31. The first-order valence-electron chi connectivity index (χ1n) is 7.96. The Bertz CT molecular complexity index is 746. The molecule has 8 heteroatoms. The van der Waals surface area contributed by atoms with E-state index in [9.17, 15) is 9.59 Å². The van der Waals surface area contributed by atoms with Crippen LogP contribution in [0.15, 0.2) is 26.9 Å². The van der Waals surface area contributed by atoms with E-state index in [0.717, 1.165) is 31.8 Å². The van der Waals surface area contributed by atoms with Crippen molar-refractivity contribution in [3.05, 3.63) is 34.9 Å². The van der Waals surface area contributed by atoms with Gasteiger partial charge in [0, 0.05) is 12.1 Å². The summed E-state index contributed by atoms with van der Waals surface area (Å²) in [6.07, 6.45) is 0.921. The van der Waals surface area contributed by atoms with E-state index in [1.165, 1.54) is 34.9 Å². The van der Waals surface area contributed by atoms with Crippen molar-refractivity contribution in [2.75, 3.05) is 18.1 Å². The average Bonchev–Trinajstić information content (AvgIpc) is 3.06. The fourth-order valence-electron chi connectivity index (χ4n) is 2.00. The summed E-state index contributed by atoms with van der Waals surface area (Å²) in [5, 5.41) is 11.0. The van der Waals surface area contributed by atoms with E-state index >= 15 is 0 Å². The van der Waals surface area contributed by atoms with Crippen molar-refractivity contribution >= 4 is 46.6 Å². The molecule has 0 saturated heterocycles. The van der Waals surface area contributed by atoms with E-state index in [1.807, 2.05) is 39.0 Å². The lowest BCUT2D eigenvalue weighted by Crippen LogP contribution is -2.25. The Hall–Kier alpha value is -1.38. The molecule has 134 valence electrons. The van der Waals surface area contributed by atoms with Gasteiger partial charge in [-0.15, -0.1) is 10.2 Å². The van der Waals surface area contributed by atoms with Crippen LogP contribution in [-0.2, 0) is 4.79 Å². The minimum atomic E-state index is 0.00125. The molecule has 0 radical (unpaired) electrons. The van der Waals surface area contributed by atoms with E-state index in [-0.39, 0.29) is 11.7 Å². The standard InChI is InChI=1S/C17H21N3O2S3/c1-4-7-18-15(22)10-24-17-20-19-16(25-17)23-9-14(21)13-8-11(2)5-6-12(13)3/h5-6,8H,4,7,9-10H2,1-3H3,(H,18,22). The fraction of sp³-hybridized carbons (Fsp3) is 0.412. The van der Waals surface area contributed by atoms with Gasteiger partial charge in [-0.3, -0.25) is 9.59 Å². The predicted octanol–water partition coefficient (Wildman–Crippen LogP) is 3.75. The number of amides is 1. The van der Waals surface area contributed by atoms with Gasteiger partial charge in [-0.25, -0.2) is 0 Å². The Morgan fingerprint density at radius 2 is 1.80 bits per heavy atom. The number of carbonyl (C=O) groups is 2. The third kappa shape index (κ3) is 6.45. The van der Waals surface area contributed by atoms with E-state index in [1.54, 1.807) is 0 Å². The number of rotatable bonds is 9. The Balaban J connectivity index is 1.84. The molecular formula is C17H21N3O2S3. The molecule has 0 fully saturated rings. The van der Waals surface area contributed by atoms with Gasteiger partial charge < -0.3 is 5.32 Å². The molecule has 0 aliphatic rings. The van der Waals surface area contributed by atoms with Crippen LogP contribution in [0.1, 0.15) is 34.8 Å². The highest BCUT2D eigenvalue weighted by Crippen LogP contribution is 2.29. The number of aryl methyl sites for hydroxylation is 2. The molecule has 5 nitrogen and oxygen atoms in total. The topological polar surface area (TPSA) is 72.0 Å². The first-order valence-corrected chi connectivity index (χ1v) is 10.7. The van der Waals surface area contributed by atoms with Crippen molar-refractivity contribution in [2.24, 2.45) is 0 Å². The molecule has 2 aromatic rings. The SMILES string of the molecule is CCCNC(=O)CSc1nnc(SCC(=O)c2cc(C)ccc2C)s1. The molecule has 0 spiro atoms. The Morgan fingerprint density at radius 3 is 2.48 bits per heavy atom. The number of hydrogen-bond donors (Lipinski definition) is 1. The predicted molar refractivity (Wildman–Crippen MR) is 105 cm³/mol. The van der Waals surface area contributed by atoms with Crippen LogP contribution in [0, 0.1) is 13.8 Å². The molecule has 1 amide bonds. The van der Waals surface area contributed by atoms with Gasteiger partial charge in [-0.1, -0.05) is 59.5 Å². The third-order valence-corrected chi connectivity index (χ3v) is 6.50. The lowest BCUT2D eigenvalue weighted by molar-refractivity contribution is -0.118. The normalized spacial score (nSPS) is 10.7. The summed E-state index contributed by atoms with van der Waals surface area (Å²) in [6, 6.07) is 5.90. The van der Waals surface area contributed by atoms with Crippen molar-refractivity contribution in [1.29, 1.82) is 0 Å². The molecule has 2 rings (SSSR count). The highest BCUT2D eigenvalue weighted by atomic mass is 32.2. The molecule has 0 saturated carbocycles. The first-order chi connectivity index (χ1) is 12.0. The number of Topliss-reactive ketones (excluding diaryl/α,β-unsaturated/α-hetero) is 1. The van der Waals surface area contributed by atoms with Gasteiger partial charge >= 0.3 is 0 Å². The number of nitrogens with zero attached hydrogens (tertiary/aromatic N) is 2. The number of nitrogens with one attached hydrogen (secondary N) is 1. The van der Waals surface area contributed by atoms with Gasteiger partial charge in [0.05, 0.1) is 11.5 Å². The maximum Gasteiger partial charge on any atom is 0.230 e. The maximum atomic E-state index is 12.4. The molecule has 1 N–H and O–H groups in total. The van der Waals surface area contributed by atoms with Crippen LogP contribution in [-0.4, -0.2) is 39.9 Å². The Morgan fingerprint density at radius 1 is 1.12 bits per heavy atom. The zero-order valence-corrected chi connectivity index (χ0v) is 16.9. The quantitative estimate of drug-likeness (QED) is 0.515. The number of benzene rings is 1. The van der Waals surface area contributed by atoms with Crippen LogP contribution in [0.4, 0.5) is 0 Å². The lowest BCUT2D eigenvalue weighted by Gasteiger charge is -2.05. The van der Waals surface area contributed by atoms with Gasteiger partial charge in [0.15, 0.2) is 14.5 Å². The highest BCUT2D eigenvalue weighted by molar-refractivity contribution is 8.03. The zero-order chi connectivity index (χ0) is 18.2. The van der Waals surface area contributed by atoms with Crippen LogP contribution in [0.5, 0.6) is 0 Å². The summed E-state index contributed by atoms with van der Waals surface area (Å²) in [6.45, 7) is 6.63. The van der Waals surface area contributed by atoms with E-state index < -0.39 is 0 Å². The summed E-state index contributed by atoms with van der Waals surface area (Å²) in [7, 11) is 0. The number of hydrogen-bond acceptors (Lipinski definition) is 7. The van der Waals surface area contributed by atoms with Gasteiger partial charge in [-0.2, -0.15) is 0 Å². The van der Waals surface area contributed by atoms with Gasteiger partial charge in [0.2, 0.25) is 5.91 Å². The molecule has 1 heterocycles. The van der Waals surface area contributed by atoms with E-state index in [2.05, 4.69) is 15.5 Å². The lowest BCUT2D eigenvalue weighted by atomic mass is 10.0. The van der Waals surface area contributed by atoms with Crippen LogP contribution < -0.4 is 5.32 Å². The fourth-order valence-corrected chi connectivity index (χ4v) is 4.73. The zero-order valence-electron chi connectivity index (χ0n) is 14.5. The molecule has 1 aromatic carbocycles. The number of thioether (sulfide) groups is 2. The summed E-state index contributed by atoms with van der Waals surface area (Å²) < 4.78 is 1.49. The largest absolute Gasteiger partial charge is 0.355 e. The number of ketones is 1. The smallest absolute Gasteiger partial charge is 0.230 e. The van der Waals surface area contributed by atoms with E-state index in [0.29, 0.717) is 18.1 Å². The van der Waals surface area contributed by atoms with Crippen molar-refractivity contribution in [3.8, 4) is 0 Å². The van der Waals surface area contributed by atoms with Crippen molar-refractivity contribution in [2.45, 2.75) is 35.9 Å². The number of aromatic nitrogens is 2. The van der Waals surface area contributed by atoms with Crippen molar-refractivity contribution in [1.82, 2.24) is 15.5 Å². The Kier molecular flexibility index (Phi) is 7.92. The van der Waals surface area contributed by atoms with Crippen LogP contribution >= 0.6 is 34.9 Å². The monoisotopic (exact) mass is 395 g/mol. The second-order valence-electron chi connectivity index (χ2n) is 5.50. The first kappa shape index (κ1) is 19.9. The average molecular weight is 396 g/mol. The van der Waals surface area contributed by atoms with Crippen molar-refractivity contribution in [3.63, 3.8) is 0 Å². The van der Waals surface area contributed by atoms with Crippen LogP contribution in [0.25, 0.3) is 0 Å². The summed E-state index contributed by atoms with van der Waals surface area (Å²) in [5.74, 6) is 0.761. The van der Waals surface area contributed by atoms with Crippen molar-refractivity contribution < 1.29 is 9.59 Å². The van der Waals surface area contributed by atoms with E-state index in [4.69, 9.17) is 0 Å². The maximum absolute atomic E-state index is 12.4. The number of carbonyl (C=O) groups excluding carboxylic acids is 2. The highest BCUT2D eigenvalue weighted by Gasteiger charge is 2.13. The molecule has 0 atom stereocenters. The molecule has 0 unspecified atom stereocenters. The summed E-state index contributed by atoms with van der Waals surface area (Å²) in [5.41, 5.74) is 2.83. The molecular weight excluding hydrogens is 374 g/mol. The molecule has 0 bridgehead atoms. The molecule has 1 aromatic heterocycles. The summed E-state index contributed by atoms with van der Waals surface area (Å²) >= 11 is 4.17. The minimum Gasteiger partial charge on any atom is -0.355 e. The molecule has 25 heavy (non-hydrogen) atoms. The van der Waals surface area contributed by atoms with Gasteiger partial charge in [0.25, 0.3) is 0 Å².